The fraction of sp³-hybridized carbons (Fsp3) is 0.368. The molecule has 2 fully saturated rings. The Morgan fingerprint density at radius 3 is 2.54 bits per heavy atom. The Morgan fingerprint density at radius 1 is 1.02 bits per heavy atom. The van der Waals surface area contributed by atoms with Gasteiger partial charge in [0.25, 0.3) is 0 Å². The first kappa shape index (κ1) is 36.5. The summed E-state index contributed by atoms with van der Waals surface area (Å²) in [7, 11) is 3.40. The highest BCUT2D eigenvalue weighted by Crippen LogP contribution is 2.42. The van der Waals surface area contributed by atoms with Gasteiger partial charge in [0.2, 0.25) is 11.8 Å². The van der Waals surface area contributed by atoms with Gasteiger partial charge in [-0.1, -0.05) is 59.6 Å². The van der Waals surface area contributed by atoms with Crippen LogP contribution in [0.1, 0.15) is 36.3 Å². The van der Waals surface area contributed by atoms with Crippen LogP contribution in [0, 0.1) is 5.92 Å². The van der Waals surface area contributed by atoms with Crippen LogP contribution in [0.25, 0.3) is 32.6 Å². The predicted molar refractivity (Wildman–Crippen MR) is 208 cm³/mol. The van der Waals surface area contributed by atoms with Crippen molar-refractivity contribution >= 4 is 62.2 Å². The van der Waals surface area contributed by atoms with Crippen LogP contribution >= 0.6 is 34.5 Å². The monoisotopic (exact) mass is 760 g/mol. The number of nitrogens with one attached hydrogen (secondary N) is 4. The quantitative estimate of drug-likeness (QED) is 0.0836. The second kappa shape index (κ2) is 16.4. The zero-order valence-corrected chi connectivity index (χ0v) is 31.4. The third-order valence-electron chi connectivity index (χ3n) is 9.83. The van der Waals surface area contributed by atoms with E-state index < -0.39 is 6.23 Å². The highest BCUT2D eigenvalue weighted by Gasteiger charge is 2.25. The van der Waals surface area contributed by atoms with Crippen molar-refractivity contribution in [2.45, 2.75) is 51.0 Å². The minimum Gasteiger partial charge on any atom is -0.481 e. The van der Waals surface area contributed by atoms with Crippen LogP contribution < -0.4 is 26.0 Å². The number of aromatic nitrogens is 3. The van der Waals surface area contributed by atoms with Gasteiger partial charge in [-0.2, -0.15) is 0 Å². The second-order valence-corrected chi connectivity index (χ2v) is 15.1. The number of ether oxygens (including phenoxy) is 1. The number of hydrogen-bond acceptors (Lipinski definition) is 11. The van der Waals surface area contributed by atoms with Gasteiger partial charge in [0.15, 0.2) is 5.82 Å². The summed E-state index contributed by atoms with van der Waals surface area (Å²) in [5, 5.41) is 25.0. The molecule has 7 rings (SSSR count). The SMILES string of the molecule is CNC(O)C1CCN(Cc2nc3c(Nc4cccc(-c5cccc(-c6ccc(CNC[C@@H]7CCC(=O)N7)c(OC)n6)c5Cl)c4Cl)nccc3s2)CC1. The van der Waals surface area contributed by atoms with Gasteiger partial charge in [0.1, 0.15) is 16.8 Å². The molecular weight excluding hydrogens is 719 g/mol. The van der Waals surface area contributed by atoms with Gasteiger partial charge in [0.05, 0.1) is 39.8 Å². The fourth-order valence-corrected chi connectivity index (χ4v) is 8.56. The maximum atomic E-state index is 11.5. The van der Waals surface area contributed by atoms with Gasteiger partial charge < -0.3 is 25.8 Å². The molecule has 2 atom stereocenters. The van der Waals surface area contributed by atoms with E-state index in [-0.39, 0.29) is 17.9 Å². The van der Waals surface area contributed by atoms with Crippen LogP contribution in [0.5, 0.6) is 5.88 Å². The van der Waals surface area contributed by atoms with Crippen molar-refractivity contribution in [1.82, 2.24) is 35.8 Å². The first-order chi connectivity index (χ1) is 25.3. The average molecular weight is 762 g/mol. The lowest BCUT2D eigenvalue weighted by molar-refractivity contribution is -0.119. The molecule has 5 N–H and O–H groups in total. The molecule has 3 aromatic heterocycles. The molecule has 272 valence electrons. The summed E-state index contributed by atoms with van der Waals surface area (Å²) in [5.74, 6) is 1.51. The lowest BCUT2D eigenvalue weighted by atomic mass is 9.95. The first-order valence-electron chi connectivity index (χ1n) is 17.5. The Kier molecular flexibility index (Phi) is 11.5. The third-order valence-corrected chi connectivity index (χ3v) is 11.6. The number of hydrogen-bond donors (Lipinski definition) is 5. The van der Waals surface area contributed by atoms with Gasteiger partial charge in [0, 0.05) is 59.9 Å². The van der Waals surface area contributed by atoms with Crippen LogP contribution in [-0.2, 0) is 17.9 Å². The standard InChI is InChI=1S/C38H42Cl2N8O3S/c1-41-37(50)22-14-17-48(18-15-22)21-32-47-35-30(52-32)13-16-43-36(35)45-29-8-4-6-26(34(29)40)25-5-3-7-27(33(25)39)28-11-9-23(38(46-28)51-2)19-42-20-24-10-12-31(49)44-24/h3-9,11,13,16,22,24,37,41-42,50H,10,12,14-15,17-21H2,1-2H3,(H,43,45)(H,44,49)/t24-,37?/m0/s1. The molecular formula is C38H42Cl2N8O3S. The summed E-state index contributed by atoms with van der Waals surface area (Å²) in [4.78, 5) is 28.4. The number of fused-ring (bicyclic) bond motifs is 1. The molecule has 52 heavy (non-hydrogen) atoms. The van der Waals surface area contributed by atoms with E-state index in [9.17, 15) is 9.90 Å². The summed E-state index contributed by atoms with van der Waals surface area (Å²) < 4.78 is 6.71. The zero-order chi connectivity index (χ0) is 36.2. The van der Waals surface area contributed by atoms with E-state index in [0.717, 1.165) is 76.4 Å². The van der Waals surface area contributed by atoms with Crippen molar-refractivity contribution in [3.8, 4) is 28.3 Å². The van der Waals surface area contributed by atoms with E-state index in [2.05, 4.69) is 31.2 Å². The van der Waals surface area contributed by atoms with E-state index in [1.165, 1.54) is 0 Å². The number of benzene rings is 2. The van der Waals surface area contributed by atoms with Gasteiger partial charge >= 0.3 is 0 Å². The lowest BCUT2D eigenvalue weighted by Crippen LogP contribution is -2.41. The predicted octanol–water partition coefficient (Wildman–Crippen LogP) is 6.60. The molecule has 0 saturated carbocycles. The van der Waals surface area contributed by atoms with Crippen LogP contribution in [-0.4, -0.2) is 76.9 Å². The van der Waals surface area contributed by atoms with E-state index in [4.69, 9.17) is 37.9 Å². The number of aliphatic hydroxyl groups excluding tert-OH is 1. The summed E-state index contributed by atoms with van der Waals surface area (Å²) >= 11 is 15.9. The number of amides is 1. The lowest BCUT2D eigenvalue weighted by Gasteiger charge is -2.33. The molecule has 1 unspecified atom stereocenters. The van der Waals surface area contributed by atoms with Crippen molar-refractivity contribution in [2.75, 3.05) is 39.1 Å². The van der Waals surface area contributed by atoms with E-state index >= 15 is 0 Å². The highest BCUT2D eigenvalue weighted by molar-refractivity contribution is 7.18. The van der Waals surface area contributed by atoms with Crippen molar-refractivity contribution < 1.29 is 14.6 Å². The smallest absolute Gasteiger partial charge is 0.220 e. The number of aliphatic hydroxyl groups is 1. The Hall–Kier alpha value is -3.88. The molecule has 0 bridgehead atoms. The van der Waals surface area contributed by atoms with Gasteiger partial charge in [-0.05, 0) is 57.6 Å². The number of thiazole rings is 1. The van der Waals surface area contributed by atoms with Gasteiger partial charge in [-0.15, -0.1) is 11.3 Å². The molecule has 5 aromatic rings. The number of carbonyl (C=O) groups is 1. The molecule has 11 nitrogen and oxygen atoms in total. The number of methoxy groups -OCH3 is 1. The first-order valence-corrected chi connectivity index (χ1v) is 19.1. The number of halogens is 2. The van der Waals surface area contributed by atoms with Crippen molar-refractivity contribution in [3.63, 3.8) is 0 Å². The summed E-state index contributed by atoms with van der Waals surface area (Å²) in [6.07, 6.45) is 4.63. The minimum atomic E-state index is -0.457. The summed E-state index contributed by atoms with van der Waals surface area (Å²) in [6.45, 7) is 3.83. The Morgan fingerprint density at radius 2 is 1.79 bits per heavy atom. The molecule has 2 saturated heterocycles. The Bertz CT molecular complexity index is 2050. The van der Waals surface area contributed by atoms with Crippen LogP contribution in [0.3, 0.4) is 0 Å². The van der Waals surface area contributed by atoms with E-state index in [1.807, 2.05) is 54.6 Å². The van der Waals surface area contributed by atoms with E-state index in [0.29, 0.717) is 52.6 Å². The fourth-order valence-electron chi connectivity index (χ4n) is 6.96. The second-order valence-electron chi connectivity index (χ2n) is 13.2. The number of piperidine rings is 1. The number of likely N-dealkylation sites (tertiary alicyclic amines) is 1. The van der Waals surface area contributed by atoms with Crippen molar-refractivity contribution in [2.24, 2.45) is 5.92 Å². The summed E-state index contributed by atoms with van der Waals surface area (Å²) in [6, 6.07) is 17.7. The highest BCUT2D eigenvalue weighted by atomic mass is 35.5. The Balaban J connectivity index is 1.08. The van der Waals surface area contributed by atoms with Crippen molar-refractivity contribution in [1.29, 1.82) is 0 Å². The van der Waals surface area contributed by atoms with Crippen molar-refractivity contribution in [3.05, 3.63) is 81.4 Å². The van der Waals surface area contributed by atoms with Gasteiger partial charge in [-0.3, -0.25) is 15.0 Å². The molecule has 5 heterocycles. The minimum absolute atomic E-state index is 0.101. The zero-order valence-electron chi connectivity index (χ0n) is 29.1. The normalized spacial score (nSPS) is 17.4. The number of rotatable bonds is 13. The topological polar surface area (TPSA) is 137 Å². The van der Waals surface area contributed by atoms with Gasteiger partial charge in [-0.25, -0.2) is 15.0 Å². The van der Waals surface area contributed by atoms with Crippen LogP contribution in [0.2, 0.25) is 10.0 Å². The van der Waals surface area contributed by atoms with E-state index in [1.54, 1.807) is 31.7 Å². The largest absolute Gasteiger partial charge is 0.481 e. The molecule has 2 aromatic carbocycles. The maximum absolute atomic E-state index is 11.5. The van der Waals surface area contributed by atoms with Crippen LogP contribution in [0.15, 0.2) is 60.8 Å². The molecule has 14 heteroatoms. The number of nitrogens with zero attached hydrogens (tertiary/aromatic N) is 4. The molecule has 0 aliphatic carbocycles. The number of anilines is 2. The average Bonchev–Trinajstić information content (AvgIpc) is 3.78. The molecule has 0 spiro atoms. The van der Waals surface area contributed by atoms with Crippen LogP contribution in [0.4, 0.5) is 11.5 Å². The molecule has 2 aliphatic heterocycles. The molecule has 2 aliphatic rings. The maximum Gasteiger partial charge on any atom is 0.220 e. The third kappa shape index (κ3) is 8.03. The number of carbonyl (C=O) groups excluding carboxylic acids is 1. The summed E-state index contributed by atoms with van der Waals surface area (Å²) in [5.41, 5.74) is 5.36. The molecule has 1 amide bonds. The molecule has 0 radical (unpaired) electrons. The Labute approximate surface area is 317 Å². The number of pyridine rings is 2.